The lowest BCUT2D eigenvalue weighted by Crippen LogP contribution is -2.51. The normalized spacial score (nSPS) is 20.8. The topological polar surface area (TPSA) is 111 Å². The number of nitrogens with one attached hydrogen (secondary N) is 2. The number of nitrogens with zero attached hydrogens (tertiary/aromatic N) is 3. The quantitative estimate of drug-likeness (QED) is 0.295. The van der Waals surface area contributed by atoms with Crippen LogP contribution in [0.2, 0.25) is 5.02 Å². The molecule has 6 rings (SSSR count). The van der Waals surface area contributed by atoms with Crippen molar-refractivity contribution in [3.05, 3.63) is 44.6 Å². The summed E-state index contributed by atoms with van der Waals surface area (Å²) in [4.78, 5) is 46.3. The van der Waals surface area contributed by atoms with Crippen LogP contribution in [0, 0.1) is 30.1 Å². The summed E-state index contributed by atoms with van der Waals surface area (Å²) in [5.74, 6) is 3.44. The van der Waals surface area contributed by atoms with Crippen molar-refractivity contribution in [2.75, 3.05) is 50.3 Å². The molecule has 0 aliphatic carbocycles. The molecule has 0 spiro atoms. The standard InChI is InChI=1S/C34H43ClN6O3S/c1-2-23-15-22(17-29(35)32(23)36)16-26(33(43)40-11-5-25(6-12-40)24-3-9-37-10-4-24)18-31(42)39-13-7-28(8-14-39)41-19-27-20-45-21-30(27)38-34(41)44/h1,15,17,20-21,24-26,28,37H,3-14,16,18-19,36H2,(H,38,44)/t26-/m0/s1. The number of anilines is 2. The fourth-order valence-electron chi connectivity index (χ4n) is 7.67. The Bertz CT molecular complexity index is 1450. The van der Waals surface area contributed by atoms with E-state index in [-0.39, 0.29) is 30.3 Å². The highest BCUT2D eigenvalue weighted by atomic mass is 35.5. The number of hydrogen-bond donors (Lipinski definition) is 3. The zero-order valence-electron chi connectivity index (χ0n) is 25.7. The van der Waals surface area contributed by atoms with E-state index in [1.54, 1.807) is 17.4 Å². The number of carbonyl (C=O) groups is 3. The fourth-order valence-corrected chi connectivity index (χ4v) is 8.69. The van der Waals surface area contributed by atoms with Gasteiger partial charge in [0.25, 0.3) is 0 Å². The number of halogens is 1. The van der Waals surface area contributed by atoms with Crippen molar-refractivity contribution >= 4 is 52.2 Å². The maximum absolute atomic E-state index is 14.1. The third-order valence-electron chi connectivity index (χ3n) is 10.3. The van der Waals surface area contributed by atoms with Gasteiger partial charge in [0, 0.05) is 55.1 Å². The molecule has 4 aliphatic rings. The zero-order chi connectivity index (χ0) is 31.5. The van der Waals surface area contributed by atoms with Gasteiger partial charge in [-0.2, -0.15) is 0 Å². The molecular formula is C34H43ClN6O3S. The first kappa shape index (κ1) is 31.7. The van der Waals surface area contributed by atoms with E-state index in [1.165, 1.54) is 12.8 Å². The average Bonchev–Trinajstić information content (AvgIpc) is 3.53. The first-order valence-corrected chi connectivity index (χ1v) is 17.6. The molecule has 0 radical (unpaired) electrons. The number of nitrogen functional groups attached to an aromatic ring is 1. The van der Waals surface area contributed by atoms with Crippen molar-refractivity contribution in [1.82, 2.24) is 20.0 Å². The number of terminal acetylenes is 1. The van der Waals surface area contributed by atoms with Crippen molar-refractivity contribution in [2.45, 2.75) is 64.0 Å². The summed E-state index contributed by atoms with van der Waals surface area (Å²) in [7, 11) is 0. The third-order valence-corrected chi connectivity index (χ3v) is 11.4. The van der Waals surface area contributed by atoms with Crippen molar-refractivity contribution in [2.24, 2.45) is 17.8 Å². The SMILES string of the molecule is C#Cc1cc(C[C@@H](CC(=O)N2CCC(N3Cc4cscc4NC3=O)CC2)C(=O)N2CCC(C3CCNCC3)CC2)cc(Cl)c1N. The molecule has 2 aromatic rings. The van der Waals surface area contributed by atoms with Crippen LogP contribution in [0.5, 0.6) is 0 Å². The summed E-state index contributed by atoms with van der Waals surface area (Å²) in [6.45, 7) is 5.32. The lowest BCUT2D eigenvalue weighted by atomic mass is 9.79. The molecule has 1 aromatic heterocycles. The lowest BCUT2D eigenvalue weighted by molar-refractivity contribution is -0.143. The molecule has 5 heterocycles. The fraction of sp³-hybridized carbons (Fsp3) is 0.559. The largest absolute Gasteiger partial charge is 0.397 e. The van der Waals surface area contributed by atoms with Crippen LogP contribution in [0.3, 0.4) is 0 Å². The monoisotopic (exact) mass is 650 g/mol. The Hall–Kier alpha value is -3.26. The van der Waals surface area contributed by atoms with Crippen molar-refractivity contribution in [1.29, 1.82) is 0 Å². The second kappa shape index (κ2) is 14.0. The maximum Gasteiger partial charge on any atom is 0.322 e. The van der Waals surface area contributed by atoms with E-state index in [4.69, 9.17) is 23.8 Å². The molecule has 4 N–H and O–H groups in total. The van der Waals surface area contributed by atoms with Gasteiger partial charge >= 0.3 is 6.03 Å². The number of fused-ring (bicyclic) bond motifs is 1. The van der Waals surface area contributed by atoms with Gasteiger partial charge in [-0.05, 0) is 92.9 Å². The van der Waals surface area contributed by atoms with Crippen molar-refractivity contribution in [3.8, 4) is 12.3 Å². The summed E-state index contributed by atoms with van der Waals surface area (Å²) in [6, 6.07) is 3.57. The molecule has 45 heavy (non-hydrogen) atoms. The highest BCUT2D eigenvalue weighted by molar-refractivity contribution is 7.08. The second-order valence-electron chi connectivity index (χ2n) is 13.0. The number of likely N-dealkylation sites (tertiary alicyclic amines) is 2. The minimum Gasteiger partial charge on any atom is -0.397 e. The zero-order valence-corrected chi connectivity index (χ0v) is 27.3. The van der Waals surface area contributed by atoms with Gasteiger partial charge in [0.2, 0.25) is 11.8 Å². The number of urea groups is 1. The molecule has 1 aromatic carbocycles. The van der Waals surface area contributed by atoms with Gasteiger partial charge in [0.15, 0.2) is 0 Å². The minimum absolute atomic E-state index is 0.0220. The van der Waals surface area contributed by atoms with Gasteiger partial charge in [-0.1, -0.05) is 17.5 Å². The Morgan fingerprint density at radius 3 is 2.42 bits per heavy atom. The second-order valence-corrected chi connectivity index (χ2v) is 14.2. The first-order chi connectivity index (χ1) is 21.8. The number of hydrogen-bond acceptors (Lipinski definition) is 6. The van der Waals surface area contributed by atoms with E-state index in [0.717, 1.165) is 61.8 Å². The van der Waals surface area contributed by atoms with Crippen LogP contribution in [0.15, 0.2) is 22.9 Å². The van der Waals surface area contributed by atoms with Gasteiger partial charge in [-0.3, -0.25) is 9.59 Å². The molecule has 4 aliphatic heterocycles. The molecule has 240 valence electrons. The number of amides is 4. The van der Waals surface area contributed by atoms with Crippen LogP contribution in [0.25, 0.3) is 0 Å². The third kappa shape index (κ3) is 7.11. The van der Waals surface area contributed by atoms with E-state index >= 15 is 0 Å². The first-order valence-electron chi connectivity index (χ1n) is 16.2. The Morgan fingerprint density at radius 1 is 1.02 bits per heavy atom. The molecule has 0 saturated carbocycles. The molecule has 1 atom stereocenters. The summed E-state index contributed by atoms with van der Waals surface area (Å²) in [6.07, 6.45) is 12.0. The van der Waals surface area contributed by atoms with E-state index in [9.17, 15) is 14.4 Å². The van der Waals surface area contributed by atoms with Crippen LogP contribution in [-0.2, 0) is 22.6 Å². The number of rotatable bonds is 7. The van der Waals surface area contributed by atoms with E-state index in [0.29, 0.717) is 61.1 Å². The van der Waals surface area contributed by atoms with Gasteiger partial charge in [-0.25, -0.2) is 4.79 Å². The average molecular weight is 651 g/mol. The molecule has 0 bridgehead atoms. The van der Waals surface area contributed by atoms with Crippen LogP contribution >= 0.6 is 22.9 Å². The molecule has 11 heteroatoms. The Labute approximate surface area is 274 Å². The van der Waals surface area contributed by atoms with Gasteiger partial charge in [0.1, 0.15) is 0 Å². The highest BCUT2D eigenvalue weighted by Gasteiger charge is 2.36. The summed E-state index contributed by atoms with van der Waals surface area (Å²) in [5.41, 5.74) is 9.76. The number of benzene rings is 1. The summed E-state index contributed by atoms with van der Waals surface area (Å²) in [5, 5.41) is 10.8. The molecule has 3 fully saturated rings. The Morgan fingerprint density at radius 2 is 1.71 bits per heavy atom. The predicted molar refractivity (Wildman–Crippen MR) is 179 cm³/mol. The lowest BCUT2D eigenvalue weighted by Gasteiger charge is -2.41. The van der Waals surface area contributed by atoms with E-state index in [2.05, 4.69) is 21.9 Å². The summed E-state index contributed by atoms with van der Waals surface area (Å²) >= 11 is 8.00. The molecule has 9 nitrogen and oxygen atoms in total. The summed E-state index contributed by atoms with van der Waals surface area (Å²) < 4.78 is 0. The number of thiophene rings is 1. The van der Waals surface area contributed by atoms with Gasteiger partial charge < -0.3 is 31.1 Å². The number of piperidine rings is 3. The number of carbonyl (C=O) groups excluding carboxylic acids is 3. The van der Waals surface area contributed by atoms with Crippen molar-refractivity contribution in [3.63, 3.8) is 0 Å². The minimum atomic E-state index is -0.527. The van der Waals surface area contributed by atoms with Crippen LogP contribution < -0.4 is 16.4 Å². The van der Waals surface area contributed by atoms with Gasteiger partial charge in [0.05, 0.1) is 28.9 Å². The molecular weight excluding hydrogens is 608 g/mol. The molecule has 0 unspecified atom stereocenters. The Kier molecular flexibility index (Phi) is 9.88. The number of nitrogens with two attached hydrogens (primary N) is 1. The Balaban J connectivity index is 1.11. The predicted octanol–water partition coefficient (Wildman–Crippen LogP) is 4.79. The highest BCUT2D eigenvalue weighted by Crippen LogP contribution is 2.34. The van der Waals surface area contributed by atoms with E-state index in [1.807, 2.05) is 26.1 Å². The van der Waals surface area contributed by atoms with Crippen molar-refractivity contribution < 1.29 is 14.4 Å². The maximum atomic E-state index is 14.1. The van der Waals surface area contributed by atoms with Gasteiger partial charge in [-0.15, -0.1) is 17.8 Å². The molecule has 3 saturated heterocycles. The molecule has 4 amide bonds. The van der Waals surface area contributed by atoms with Crippen LogP contribution in [0.1, 0.15) is 61.6 Å². The van der Waals surface area contributed by atoms with Crippen LogP contribution in [-0.4, -0.2) is 77.9 Å². The van der Waals surface area contributed by atoms with E-state index < -0.39 is 5.92 Å². The smallest absolute Gasteiger partial charge is 0.322 e. The van der Waals surface area contributed by atoms with Crippen LogP contribution in [0.4, 0.5) is 16.2 Å².